The summed E-state index contributed by atoms with van der Waals surface area (Å²) in [6.07, 6.45) is 1.49. The Hall–Kier alpha value is -1.98. The summed E-state index contributed by atoms with van der Waals surface area (Å²) in [6.45, 7) is 1.84. The largest absolute Gasteiger partial charge is 0.497 e. The summed E-state index contributed by atoms with van der Waals surface area (Å²) in [4.78, 5) is 4.08. The van der Waals surface area contributed by atoms with E-state index in [-0.39, 0.29) is 0 Å². The fraction of sp³-hybridized carbons (Fsp3) is 0.200. The molecule has 0 aliphatic carbocycles. The number of hydrogen-bond donors (Lipinski definition) is 1. The van der Waals surface area contributed by atoms with Crippen LogP contribution in [0, 0.1) is 0 Å². The summed E-state index contributed by atoms with van der Waals surface area (Å²) in [7, 11) is 3.21. The minimum Gasteiger partial charge on any atom is -0.497 e. The van der Waals surface area contributed by atoms with Crippen LogP contribution in [0.5, 0.6) is 11.5 Å². The molecular formula is C15H15Cl2N3O2. The number of rotatable bonds is 5. The zero-order valence-corrected chi connectivity index (χ0v) is 13.9. The van der Waals surface area contributed by atoms with Gasteiger partial charge in [-0.25, -0.2) is 4.98 Å². The predicted octanol–water partition coefficient (Wildman–Crippen LogP) is 4.24. The minimum atomic E-state index is 0.390. The van der Waals surface area contributed by atoms with E-state index in [4.69, 9.17) is 32.7 Å². The molecule has 0 saturated heterocycles. The highest BCUT2D eigenvalue weighted by Gasteiger charge is 2.09. The number of aromatic nitrogens is 1. The second-order valence-electron chi connectivity index (χ2n) is 4.36. The van der Waals surface area contributed by atoms with Crippen molar-refractivity contribution in [2.24, 2.45) is 5.10 Å². The van der Waals surface area contributed by atoms with Crippen LogP contribution < -0.4 is 14.9 Å². The van der Waals surface area contributed by atoms with Crippen LogP contribution in [0.1, 0.15) is 12.5 Å². The van der Waals surface area contributed by atoms with Gasteiger partial charge in [-0.15, -0.1) is 0 Å². The third kappa shape index (κ3) is 3.81. The third-order valence-electron chi connectivity index (χ3n) is 2.93. The molecule has 5 nitrogen and oxygen atoms in total. The first-order chi connectivity index (χ1) is 10.5. The lowest BCUT2D eigenvalue weighted by atomic mass is 10.1. The average Bonchev–Trinajstić information content (AvgIpc) is 2.53. The Labute approximate surface area is 138 Å². The van der Waals surface area contributed by atoms with Crippen LogP contribution in [0.3, 0.4) is 0 Å². The van der Waals surface area contributed by atoms with Gasteiger partial charge in [0.25, 0.3) is 0 Å². The molecule has 1 aromatic carbocycles. The minimum absolute atomic E-state index is 0.390. The van der Waals surface area contributed by atoms with Crippen molar-refractivity contribution in [3.8, 4) is 11.5 Å². The SMILES string of the molecule is COc1ccc(OC)c(/C(C)=N\Nc2ncc(Cl)cc2Cl)c1. The summed E-state index contributed by atoms with van der Waals surface area (Å²) >= 11 is 11.8. The van der Waals surface area contributed by atoms with Crippen molar-refractivity contribution >= 4 is 34.7 Å². The molecule has 22 heavy (non-hydrogen) atoms. The standard InChI is InChI=1S/C15H15Cl2N3O2/c1-9(12-7-11(21-2)4-5-14(12)22-3)19-20-15-13(17)6-10(16)8-18-15/h4-8H,1-3H3,(H,18,20)/b19-9-. The number of nitrogens with zero attached hydrogens (tertiary/aromatic N) is 2. The van der Waals surface area contributed by atoms with Gasteiger partial charge in [0, 0.05) is 11.8 Å². The van der Waals surface area contributed by atoms with Crippen molar-refractivity contribution in [1.29, 1.82) is 0 Å². The predicted molar refractivity (Wildman–Crippen MR) is 89.6 cm³/mol. The first-order valence-electron chi connectivity index (χ1n) is 6.39. The Morgan fingerprint density at radius 2 is 1.95 bits per heavy atom. The highest BCUT2D eigenvalue weighted by Crippen LogP contribution is 2.26. The average molecular weight is 340 g/mol. The summed E-state index contributed by atoms with van der Waals surface area (Å²) in [5, 5.41) is 5.13. The van der Waals surface area contributed by atoms with E-state index in [1.807, 2.05) is 25.1 Å². The Kier molecular flexibility index (Phi) is 5.46. The second-order valence-corrected chi connectivity index (χ2v) is 5.20. The lowest BCUT2D eigenvalue weighted by Gasteiger charge is -2.10. The van der Waals surface area contributed by atoms with Crippen molar-refractivity contribution in [2.75, 3.05) is 19.6 Å². The van der Waals surface area contributed by atoms with E-state index >= 15 is 0 Å². The van der Waals surface area contributed by atoms with Gasteiger partial charge in [-0.05, 0) is 31.2 Å². The molecule has 0 bridgehead atoms. The van der Waals surface area contributed by atoms with E-state index in [1.165, 1.54) is 6.20 Å². The highest BCUT2D eigenvalue weighted by molar-refractivity contribution is 6.35. The second kappa shape index (κ2) is 7.33. The van der Waals surface area contributed by atoms with E-state index in [0.29, 0.717) is 33.1 Å². The topological polar surface area (TPSA) is 55.7 Å². The number of hydrazone groups is 1. The Bertz CT molecular complexity index is 705. The van der Waals surface area contributed by atoms with Gasteiger partial charge in [0.15, 0.2) is 5.82 Å². The molecule has 0 spiro atoms. The molecule has 116 valence electrons. The quantitative estimate of drug-likeness (QED) is 0.653. The Morgan fingerprint density at radius 1 is 1.18 bits per heavy atom. The molecule has 0 aliphatic rings. The molecule has 1 N–H and O–H groups in total. The number of pyridine rings is 1. The van der Waals surface area contributed by atoms with Crippen LogP contribution in [0.2, 0.25) is 10.0 Å². The molecule has 0 fully saturated rings. The van der Waals surface area contributed by atoms with Gasteiger partial charge in [-0.1, -0.05) is 23.2 Å². The van der Waals surface area contributed by atoms with Crippen LogP contribution in [0.15, 0.2) is 35.6 Å². The molecule has 0 atom stereocenters. The fourth-order valence-electron chi connectivity index (χ4n) is 1.79. The molecule has 0 unspecified atom stereocenters. The Morgan fingerprint density at radius 3 is 2.59 bits per heavy atom. The summed E-state index contributed by atoms with van der Waals surface area (Å²) < 4.78 is 10.6. The van der Waals surface area contributed by atoms with Gasteiger partial charge in [0.05, 0.1) is 30.0 Å². The third-order valence-corrected chi connectivity index (χ3v) is 3.43. The van der Waals surface area contributed by atoms with Crippen molar-refractivity contribution in [1.82, 2.24) is 4.98 Å². The van der Waals surface area contributed by atoms with Crippen LogP contribution in [-0.2, 0) is 0 Å². The number of nitrogens with one attached hydrogen (secondary N) is 1. The summed E-state index contributed by atoms with van der Waals surface area (Å²) in [6, 6.07) is 7.08. The maximum Gasteiger partial charge on any atom is 0.165 e. The lowest BCUT2D eigenvalue weighted by molar-refractivity contribution is 0.402. The van der Waals surface area contributed by atoms with Gasteiger partial charge < -0.3 is 9.47 Å². The number of hydrogen-bond acceptors (Lipinski definition) is 5. The van der Waals surface area contributed by atoms with Crippen LogP contribution in [0.4, 0.5) is 5.82 Å². The molecule has 7 heteroatoms. The molecule has 1 heterocycles. The van der Waals surface area contributed by atoms with E-state index in [1.54, 1.807) is 20.3 Å². The van der Waals surface area contributed by atoms with Crippen molar-refractivity contribution in [3.05, 3.63) is 46.1 Å². The summed E-state index contributed by atoms with van der Waals surface area (Å²) in [5.41, 5.74) is 4.32. The van der Waals surface area contributed by atoms with E-state index in [0.717, 1.165) is 5.56 Å². The molecule has 2 rings (SSSR count). The molecule has 2 aromatic rings. The molecule has 0 saturated carbocycles. The van der Waals surface area contributed by atoms with Gasteiger partial charge in [0.1, 0.15) is 11.5 Å². The zero-order valence-electron chi connectivity index (χ0n) is 12.4. The van der Waals surface area contributed by atoms with Crippen molar-refractivity contribution in [3.63, 3.8) is 0 Å². The number of anilines is 1. The highest BCUT2D eigenvalue weighted by atomic mass is 35.5. The molecule has 0 amide bonds. The monoisotopic (exact) mass is 339 g/mol. The van der Waals surface area contributed by atoms with Crippen LogP contribution in [-0.4, -0.2) is 24.9 Å². The number of methoxy groups -OCH3 is 2. The molecule has 1 aromatic heterocycles. The van der Waals surface area contributed by atoms with Crippen LogP contribution in [0.25, 0.3) is 0 Å². The number of benzene rings is 1. The van der Waals surface area contributed by atoms with Gasteiger partial charge in [-0.2, -0.15) is 5.10 Å². The first kappa shape index (κ1) is 16.4. The maximum atomic E-state index is 6.04. The van der Waals surface area contributed by atoms with E-state index < -0.39 is 0 Å². The Balaban J connectivity index is 2.28. The number of halogens is 2. The zero-order chi connectivity index (χ0) is 16.1. The molecular weight excluding hydrogens is 325 g/mol. The van der Waals surface area contributed by atoms with E-state index in [2.05, 4.69) is 15.5 Å². The van der Waals surface area contributed by atoms with Gasteiger partial charge in [0.2, 0.25) is 0 Å². The van der Waals surface area contributed by atoms with Gasteiger partial charge in [-0.3, -0.25) is 5.43 Å². The van der Waals surface area contributed by atoms with Gasteiger partial charge >= 0.3 is 0 Å². The fourth-order valence-corrected chi connectivity index (χ4v) is 2.21. The van der Waals surface area contributed by atoms with Crippen molar-refractivity contribution < 1.29 is 9.47 Å². The first-order valence-corrected chi connectivity index (χ1v) is 7.14. The van der Waals surface area contributed by atoms with E-state index in [9.17, 15) is 0 Å². The smallest absolute Gasteiger partial charge is 0.165 e. The number of ether oxygens (including phenoxy) is 2. The van der Waals surface area contributed by atoms with Crippen molar-refractivity contribution in [2.45, 2.75) is 6.92 Å². The van der Waals surface area contributed by atoms with Crippen LogP contribution >= 0.6 is 23.2 Å². The molecule has 0 aliphatic heterocycles. The summed E-state index contributed by atoms with van der Waals surface area (Å²) in [5.74, 6) is 1.83. The lowest BCUT2D eigenvalue weighted by Crippen LogP contribution is -2.04. The normalized spacial score (nSPS) is 11.2. The molecule has 0 radical (unpaired) electrons. The maximum absolute atomic E-state index is 6.04.